The summed E-state index contributed by atoms with van der Waals surface area (Å²) in [6, 6.07) is 17.7. The van der Waals surface area contributed by atoms with Crippen LogP contribution in [0, 0.1) is 5.92 Å². The summed E-state index contributed by atoms with van der Waals surface area (Å²) in [5.41, 5.74) is 3.21. The zero-order valence-electron chi connectivity index (χ0n) is 24.4. The second-order valence-corrected chi connectivity index (χ2v) is 12.6. The van der Waals surface area contributed by atoms with Gasteiger partial charge in [0.25, 0.3) is 0 Å². The van der Waals surface area contributed by atoms with Gasteiger partial charge in [-0.15, -0.1) is 0 Å². The Morgan fingerprint density at radius 3 is 2.20 bits per heavy atom. The Morgan fingerprint density at radius 2 is 1.59 bits per heavy atom. The molecule has 1 saturated carbocycles. The van der Waals surface area contributed by atoms with Crippen LogP contribution in [0.4, 0.5) is 0 Å². The molecule has 0 unspecified atom stereocenters. The molecule has 2 aliphatic rings. The van der Waals surface area contributed by atoms with E-state index in [2.05, 4.69) is 27.7 Å². The zero-order chi connectivity index (χ0) is 29.2. The summed E-state index contributed by atoms with van der Waals surface area (Å²) in [6.07, 6.45) is 5.14. The molecule has 0 bridgehead atoms. The highest BCUT2D eigenvalue weighted by molar-refractivity contribution is 7.99. The molecule has 4 N–H and O–H groups in total. The lowest BCUT2D eigenvalue weighted by Crippen LogP contribution is -2.55. The largest absolute Gasteiger partial charge is 0.351 e. The van der Waals surface area contributed by atoms with Crippen molar-refractivity contribution in [2.24, 2.45) is 11.1 Å². The van der Waals surface area contributed by atoms with E-state index in [0.717, 1.165) is 68.4 Å². The molecule has 41 heavy (non-hydrogen) atoms. The van der Waals surface area contributed by atoms with Crippen LogP contribution < -0.4 is 15.8 Å². The van der Waals surface area contributed by atoms with E-state index in [4.69, 9.17) is 5.14 Å². The van der Waals surface area contributed by atoms with Gasteiger partial charge in [0, 0.05) is 52.1 Å². The van der Waals surface area contributed by atoms with Crippen molar-refractivity contribution >= 4 is 29.7 Å². The van der Waals surface area contributed by atoms with Crippen molar-refractivity contribution in [1.82, 2.24) is 20.4 Å². The standard InChI is InChI=1S/C32H45N5O3S/c1-3-29(38)35-28(30(39)37-19-17-36(18-20-37)23-26-9-5-4-6-10-26)21-24-13-15-25(16-14-24)22-34-31(40)32(2,41-33)27-11-7-8-12-27/h4-6,9-10,13-16,27-28H,3,7-8,11-12,17-23,33H2,1-2H3,(H,34,40)(H,35,38)/t28-,32-/m1/s1. The van der Waals surface area contributed by atoms with Gasteiger partial charge in [0.05, 0.1) is 0 Å². The molecule has 2 aromatic carbocycles. The Balaban J connectivity index is 1.32. The fourth-order valence-corrected chi connectivity index (χ4v) is 6.49. The minimum atomic E-state index is -0.617. The molecule has 1 heterocycles. The fourth-order valence-electron chi connectivity index (χ4n) is 5.88. The van der Waals surface area contributed by atoms with Crippen LogP contribution in [-0.4, -0.2) is 64.5 Å². The molecule has 2 fully saturated rings. The van der Waals surface area contributed by atoms with Crippen LogP contribution >= 0.6 is 11.9 Å². The third-order valence-electron chi connectivity index (χ3n) is 8.63. The normalized spacial score (nSPS) is 18.5. The summed E-state index contributed by atoms with van der Waals surface area (Å²) in [6.45, 7) is 7.93. The van der Waals surface area contributed by atoms with E-state index in [1.165, 1.54) is 5.56 Å². The van der Waals surface area contributed by atoms with Crippen LogP contribution in [0.25, 0.3) is 0 Å². The molecule has 2 atom stereocenters. The van der Waals surface area contributed by atoms with Gasteiger partial charge in [-0.1, -0.05) is 86.3 Å². The molecule has 3 amide bonds. The summed E-state index contributed by atoms with van der Waals surface area (Å²) in [4.78, 5) is 43.1. The van der Waals surface area contributed by atoms with Crippen LogP contribution in [0.15, 0.2) is 54.6 Å². The van der Waals surface area contributed by atoms with Gasteiger partial charge >= 0.3 is 0 Å². The van der Waals surface area contributed by atoms with Crippen molar-refractivity contribution in [1.29, 1.82) is 0 Å². The van der Waals surface area contributed by atoms with Crippen molar-refractivity contribution in [2.75, 3.05) is 26.2 Å². The molecular formula is C32H45N5O3S. The fraction of sp³-hybridized carbons (Fsp3) is 0.531. The predicted molar refractivity (Wildman–Crippen MR) is 165 cm³/mol. The van der Waals surface area contributed by atoms with E-state index in [-0.39, 0.29) is 17.7 Å². The molecule has 1 aliphatic heterocycles. The Hall–Kier alpha value is -2.88. The van der Waals surface area contributed by atoms with Crippen molar-refractivity contribution in [3.8, 4) is 0 Å². The molecule has 222 valence electrons. The smallest absolute Gasteiger partial charge is 0.245 e. The Labute approximate surface area is 248 Å². The number of rotatable bonds is 12. The highest BCUT2D eigenvalue weighted by Gasteiger charge is 2.42. The highest BCUT2D eigenvalue weighted by Crippen LogP contribution is 2.40. The lowest BCUT2D eigenvalue weighted by atomic mass is 9.90. The average Bonchev–Trinajstić information content (AvgIpc) is 3.56. The number of hydrogen-bond acceptors (Lipinski definition) is 6. The maximum absolute atomic E-state index is 13.5. The Morgan fingerprint density at radius 1 is 0.951 bits per heavy atom. The number of nitrogens with zero attached hydrogens (tertiary/aromatic N) is 2. The van der Waals surface area contributed by atoms with Gasteiger partial charge in [0.2, 0.25) is 17.7 Å². The average molecular weight is 580 g/mol. The van der Waals surface area contributed by atoms with Crippen LogP contribution in [0.5, 0.6) is 0 Å². The summed E-state index contributed by atoms with van der Waals surface area (Å²) < 4.78 is -0.617. The predicted octanol–water partition coefficient (Wildman–Crippen LogP) is 3.64. The Kier molecular flexibility index (Phi) is 11.2. The van der Waals surface area contributed by atoms with E-state index >= 15 is 0 Å². The number of piperazine rings is 1. The van der Waals surface area contributed by atoms with Crippen molar-refractivity contribution in [3.05, 3.63) is 71.3 Å². The van der Waals surface area contributed by atoms with Crippen molar-refractivity contribution in [3.63, 3.8) is 0 Å². The van der Waals surface area contributed by atoms with Gasteiger partial charge in [0.1, 0.15) is 10.8 Å². The third kappa shape index (κ3) is 8.33. The van der Waals surface area contributed by atoms with Crippen LogP contribution in [0.3, 0.4) is 0 Å². The molecule has 0 aromatic heterocycles. The number of nitrogens with two attached hydrogens (primary N) is 1. The first kappa shape index (κ1) is 31.1. The monoisotopic (exact) mass is 579 g/mol. The van der Waals surface area contributed by atoms with Gasteiger partial charge in [-0.2, -0.15) is 0 Å². The van der Waals surface area contributed by atoms with E-state index in [9.17, 15) is 14.4 Å². The lowest BCUT2D eigenvalue weighted by molar-refractivity contribution is -0.138. The molecule has 0 radical (unpaired) electrons. The van der Waals surface area contributed by atoms with Crippen molar-refractivity contribution in [2.45, 2.75) is 76.3 Å². The lowest BCUT2D eigenvalue weighted by Gasteiger charge is -2.36. The van der Waals surface area contributed by atoms with Crippen molar-refractivity contribution < 1.29 is 14.4 Å². The minimum absolute atomic E-state index is 0.0159. The number of amides is 3. The van der Waals surface area contributed by atoms with Gasteiger partial charge in [-0.05, 0) is 42.4 Å². The number of nitrogens with one attached hydrogen (secondary N) is 2. The van der Waals surface area contributed by atoms with Gasteiger partial charge < -0.3 is 15.5 Å². The maximum atomic E-state index is 13.5. The topological polar surface area (TPSA) is 108 Å². The van der Waals surface area contributed by atoms with Crippen LogP contribution in [0.2, 0.25) is 0 Å². The van der Waals surface area contributed by atoms with Crippen LogP contribution in [0.1, 0.15) is 62.6 Å². The molecule has 4 rings (SSSR count). The molecule has 1 saturated heterocycles. The van der Waals surface area contributed by atoms with E-state index in [0.29, 0.717) is 38.4 Å². The molecule has 9 heteroatoms. The molecule has 0 spiro atoms. The van der Waals surface area contributed by atoms with Crippen LogP contribution in [-0.2, 0) is 33.9 Å². The number of benzene rings is 2. The molecular weight excluding hydrogens is 534 g/mol. The zero-order valence-corrected chi connectivity index (χ0v) is 25.3. The SMILES string of the molecule is CCC(=O)N[C@H](Cc1ccc(CNC(=O)[C@](C)(SN)C2CCCC2)cc1)C(=O)N1CCN(Cc2ccccc2)CC1. The maximum Gasteiger partial charge on any atom is 0.245 e. The molecule has 2 aromatic rings. The van der Waals surface area contributed by atoms with E-state index in [1.807, 2.05) is 54.3 Å². The third-order valence-corrected chi connectivity index (χ3v) is 9.64. The van der Waals surface area contributed by atoms with Gasteiger partial charge in [0.15, 0.2) is 0 Å². The summed E-state index contributed by atoms with van der Waals surface area (Å²) in [7, 11) is 0. The minimum Gasteiger partial charge on any atom is -0.351 e. The summed E-state index contributed by atoms with van der Waals surface area (Å²) in [5, 5.41) is 12.0. The first-order valence-corrected chi connectivity index (χ1v) is 15.8. The van der Waals surface area contributed by atoms with Gasteiger partial charge in [-0.25, -0.2) is 0 Å². The second kappa shape index (κ2) is 14.8. The number of hydrogen-bond donors (Lipinski definition) is 3. The second-order valence-electron chi connectivity index (χ2n) is 11.5. The molecule has 8 nitrogen and oxygen atoms in total. The highest BCUT2D eigenvalue weighted by atomic mass is 32.2. The van der Waals surface area contributed by atoms with Gasteiger partial charge in [-0.3, -0.25) is 24.4 Å². The van der Waals surface area contributed by atoms with E-state index < -0.39 is 10.8 Å². The summed E-state index contributed by atoms with van der Waals surface area (Å²) in [5.74, 6) is 0.124. The number of carbonyl (C=O) groups is 3. The van der Waals surface area contributed by atoms with E-state index in [1.54, 1.807) is 6.92 Å². The molecule has 1 aliphatic carbocycles. The number of carbonyl (C=O) groups excluding carboxylic acids is 3. The first-order valence-electron chi connectivity index (χ1n) is 14.9. The first-order chi connectivity index (χ1) is 19.8. The Bertz CT molecular complexity index is 1150. The summed E-state index contributed by atoms with van der Waals surface area (Å²) >= 11 is 1.16. The quantitative estimate of drug-likeness (QED) is 0.332.